The van der Waals surface area contributed by atoms with Gasteiger partial charge in [-0.05, 0) is 17.8 Å². The number of alkyl halides is 2. The number of likely N-dealkylation sites (tertiary alicyclic amines) is 1. The highest BCUT2D eigenvalue weighted by Gasteiger charge is 2.56. The largest absolute Gasteiger partial charge is 0.297 e. The van der Waals surface area contributed by atoms with Gasteiger partial charge in [0.05, 0.1) is 6.54 Å². The van der Waals surface area contributed by atoms with E-state index in [0.717, 1.165) is 19.0 Å². The van der Waals surface area contributed by atoms with Crippen molar-refractivity contribution in [3.8, 4) is 0 Å². The molecule has 1 saturated heterocycles. The standard InChI is InChI=1S/C8H13F2N/c1-8-2-6(8)3-11(5-8)4-7(9)10/h6-7H,2-5H2,1H3. The van der Waals surface area contributed by atoms with E-state index in [1.165, 1.54) is 6.42 Å². The van der Waals surface area contributed by atoms with Gasteiger partial charge in [-0.15, -0.1) is 0 Å². The zero-order valence-corrected chi connectivity index (χ0v) is 6.69. The molecule has 0 N–H and O–H groups in total. The van der Waals surface area contributed by atoms with E-state index >= 15 is 0 Å². The van der Waals surface area contributed by atoms with Crippen LogP contribution in [0.25, 0.3) is 0 Å². The lowest BCUT2D eigenvalue weighted by Crippen LogP contribution is -2.29. The molecule has 0 aromatic rings. The predicted octanol–water partition coefficient (Wildman–Crippen LogP) is 1.59. The third-order valence-corrected chi connectivity index (χ3v) is 3.00. The summed E-state index contributed by atoms with van der Waals surface area (Å²) in [5.41, 5.74) is 0.412. The van der Waals surface area contributed by atoms with E-state index in [0.29, 0.717) is 5.41 Å². The van der Waals surface area contributed by atoms with Crippen LogP contribution in [0.15, 0.2) is 0 Å². The Morgan fingerprint density at radius 3 is 2.82 bits per heavy atom. The van der Waals surface area contributed by atoms with Crippen LogP contribution in [0.5, 0.6) is 0 Å². The Labute approximate surface area is 65.4 Å². The number of rotatable bonds is 2. The molecular formula is C8H13F2N. The summed E-state index contributed by atoms with van der Waals surface area (Å²) in [6, 6.07) is 0. The molecule has 0 aromatic carbocycles. The van der Waals surface area contributed by atoms with Crippen molar-refractivity contribution < 1.29 is 8.78 Å². The number of fused-ring (bicyclic) bond motifs is 1. The molecule has 0 radical (unpaired) electrons. The van der Waals surface area contributed by atoms with Gasteiger partial charge < -0.3 is 0 Å². The number of piperidine rings is 1. The van der Waals surface area contributed by atoms with E-state index in [1.807, 2.05) is 4.90 Å². The fourth-order valence-electron chi connectivity index (χ4n) is 2.20. The molecule has 2 aliphatic rings. The first-order chi connectivity index (χ1) is 5.10. The molecule has 2 unspecified atom stereocenters. The van der Waals surface area contributed by atoms with Crippen LogP contribution in [-0.2, 0) is 0 Å². The highest BCUT2D eigenvalue weighted by Crippen LogP contribution is 2.57. The normalized spacial score (nSPS) is 43.1. The summed E-state index contributed by atoms with van der Waals surface area (Å²) in [6.07, 6.45) is -0.900. The summed E-state index contributed by atoms with van der Waals surface area (Å²) in [7, 11) is 0. The van der Waals surface area contributed by atoms with Crippen molar-refractivity contribution in [3.05, 3.63) is 0 Å². The van der Waals surface area contributed by atoms with E-state index in [9.17, 15) is 8.78 Å². The molecular weight excluding hydrogens is 148 g/mol. The Kier molecular flexibility index (Phi) is 1.46. The molecule has 11 heavy (non-hydrogen) atoms. The van der Waals surface area contributed by atoms with Gasteiger partial charge in [0.15, 0.2) is 0 Å². The van der Waals surface area contributed by atoms with Gasteiger partial charge in [0.1, 0.15) is 0 Å². The predicted molar refractivity (Wildman–Crippen MR) is 38.7 cm³/mol. The maximum absolute atomic E-state index is 11.9. The van der Waals surface area contributed by atoms with Crippen LogP contribution >= 0.6 is 0 Å². The molecule has 2 atom stereocenters. The van der Waals surface area contributed by atoms with Crippen LogP contribution in [0.2, 0.25) is 0 Å². The minimum atomic E-state index is -2.16. The van der Waals surface area contributed by atoms with Gasteiger partial charge in [0.25, 0.3) is 6.43 Å². The Bertz CT molecular complexity index is 169. The second-order valence-electron chi connectivity index (χ2n) is 4.14. The van der Waals surface area contributed by atoms with Crippen LogP contribution in [-0.4, -0.2) is 31.0 Å². The monoisotopic (exact) mass is 161 g/mol. The number of hydrogen-bond acceptors (Lipinski definition) is 1. The Morgan fingerprint density at radius 1 is 1.64 bits per heavy atom. The van der Waals surface area contributed by atoms with E-state index in [-0.39, 0.29) is 6.54 Å². The molecule has 2 fully saturated rings. The quantitative estimate of drug-likeness (QED) is 0.594. The first-order valence-corrected chi connectivity index (χ1v) is 4.11. The third kappa shape index (κ3) is 1.26. The smallest absolute Gasteiger partial charge is 0.251 e. The Hall–Kier alpha value is -0.180. The fourth-order valence-corrected chi connectivity index (χ4v) is 2.20. The lowest BCUT2D eigenvalue weighted by molar-refractivity contribution is 0.0918. The Morgan fingerprint density at radius 2 is 2.36 bits per heavy atom. The second-order valence-corrected chi connectivity index (χ2v) is 4.14. The Balaban J connectivity index is 1.83. The zero-order chi connectivity index (χ0) is 8.06. The summed E-state index contributed by atoms with van der Waals surface area (Å²) in [5.74, 6) is 0.723. The highest BCUT2D eigenvalue weighted by atomic mass is 19.3. The average molecular weight is 161 g/mol. The molecule has 64 valence electrons. The summed E-state index contributed by atoms with van der Waals surface area (Å²) in [5, 5.41) is 0. The highest BCUT2D eigenvalue weighted by molar-refractivity contribution is 5.07. The van der Waals surface area contributed by atoms with Gasteiger partial charge in [0, 0.05) is 13.1 Å². The summed E-state index contributed by atoms with van der Waals surface area (Å²) in [4.78, 5) is 1.89. The van der Waals surface area contributed by atoms with Crippen molar-refractivity contribution in [1.82, 2.24) is 4.90 Å². The SMILES string of the molecule is CC12CC1CN(CC(F)F)C2. The van der Waals surface area contributed by atoms with Crippen molar-refractivity contribution in [2.24, 2.45) is 11.3 Å². The van der Waals surface area contributed by atoms with Gasteiger partial charge in [-0.2, -0.15) is 0 Å². The molecule has 0 aromatic heterocycles. The third-order valence-electron chi connectivity index (χ3n) is 3.00. The minimum Gasteiger partial charge on any atom is -0.297 e. The van der Waals surface area contributed by atoms with Crippen molar-refractivity contribution in [1.29, 1.82) is 0 Å². The van der Waals surface area contributed by atoms with E-state index in [1.54, 1.807) is 0 Å². The molecule has 1 nitrogen and oxygen atoms in total. The van der Waals surface area contributed by atoms with E-state index < -0.39 is 6.43 Å². The molecule has 1 heterocycles. The van der Waals surface area contributed by atoms with Crippen molar-refractivity contribution in [2.75, 3.05) is 19.6 Å². The lowest BCUT2D eigenvalue weighted by Gasteiger charge is -2.17. The van der Waals surface area contributed by atoms with Crippen LogP contribution in [0.3, 0.4) is 0 Å². The topological polar surface area (TPSA) is 3.24 Å². The molecule has 3 heteroatoms. The summed E-state index contributed by atoms with van der Waals surface area (Å²) in [6.45, 7) is 3.97. The van der Waals surface area contributed by atoms with Gasteiger partial charge in [-0.3, -0.25) is 4.90 Å². The maximum Gasteiger partial charge on any atom is 0.251 e. The van der Waals surface area contributed by atoms with Crippen LogP contribution in [0.4, 0.5) is 8.78 Å². The van der Waals surface area contributed by atoms with Crippen LogP contribution < -0.4 is 0 Å². The number of nitrogens with zero attached hydrogens (tertiary/aromatic N) is 1. The van der Waals surface area contributed by atoms with Gasteiger partial charge >= 0.3 is 0 Å². The van der Waals surface area contributed by atoms with Crippen LogP contribution in [0.1, 0.15) is 13.3 Å². The van der Waals surface area contributed by atoms with Gasteiger partial charge in [-0.1, -0.05) is 6.92 Å². The van der Waals surface area contributed by atoms with Crippen molar-refractivity contribution in [2.45, 2.75) is 19.8 Å². The van der Waals surface area contributed by atoms with Crippen LogP contribution in [0, 0.1) is 11.3 Å². The summed E-state index contributed by atoms with van der Waals surface area (Å²) >= 11 is 0. The summed E-state index contributed by atoms with van der Waals surface area (Å²) < 4.78 is 23.8. The molecule has 0 spiro atoms. The molecule has 0 bridgehead atoms. The zero-order valence-electron chi connectivity index (χ0n) is 6.69. The lowest BCUT2D eigenvalue weighted by atomic mass is 10.1. The van der Waals surface area contributed by atoms with Crippen molar-refractivity contribution in [3.63, 3.8) is 0 Å². The molecule has 1 aliphatic carbocycles. The first-order valence-electron chi connectivity index (χ1n) is 4.11. The second kappa shape index (κ2) is 2.16. The van der Waals surface area contributed by atoms with Gasteiger partial charge in [0.2, 0.25) is 0 Å². The van der Waals surface area contributed by atoms with E-state index in [4.69, 9.17) is 0 Å². The minimum absolute atomic E-state index is 0.0217. The molecule has 2 rings (SSSR count). The average Bonchev–Trinajstić information content (AvgIpc) is 2.30. The van der Waals surface area contributed by atoms with E-state index in [2.05, 4.69) is 6.92 Å². The van der Waals surface area contributed by atoms with Gasteiger partial charge in [-0.25, -0.2) is 8.78 Å². The number of hydrogen-bond donors (Lipinski definition) is 0. The van der Waals surface area contributed by atoms with Crippen molar-refractivity contribution >= 4 is 0 Å². The molecule has 1 aliphatic heterocycles. The fraction of sp³-hybridized carbons (Fsp3) is 1.00. The molecule has 0 amide bonds. The number of halogens is 2. The first kappa shape index (κ1) is 7.47. The maximum atomic E-state index is 11.9. The molecule has 1 saturated carbocycles.